The lowest BCUT2D eigenvalue weighted by Gasteiger charge is -1.95. The highest BCUT2D eigenvalue weighted by atomic mass is 16.6. The van der Waals surface area contributed by atoms with Crippen LogP contribution in [0.1, 0.15) is 11.1 Å². The standard InChI is InChI=1S/C11H9NO3/c1-7-2-4-8(5-3-7)6-9-10(13)12-11(14)15-9/h2-6H,1H3,(H,12,13,14)/b9-6-. The van der Waals surface area contributed by atoms with E-state index >= 15 is 0 Å². The van der Waals surface area contributed by atoms with Crippen LogP contribution in [0.3, 0.4) is 0 Å². The summed E-state index contributed by atoms with van der Waals surface area (Å²) >= 11 is 0. The lowest BCUT2D eigenvalue weighted by atomic mass is 10.1. The van der Waals surface area contributed by atoms with Gasteiger partial charge in [-0.25, -0.2) is 4.79 Å². The molecule has 1 aromatic rings. The SMILES string of the molecule is Cc1ccc(/C=C2\OC(=O)NC2=O)cc1. The summed E-state index contributed by atoms with van der Waals surface area (Å²) in [6.45, 7) is 1.97. The minimum absolute atomic E-state index is 0.0313. The zero-order valence-corrected chi connectivity index (χ0v) is 8.11. The van der Waals surface area contributed by atoms with Crippen LogP contribution < -0.4 is 5.32 Å². The molecule has 76 valence electrons. The second-order valence-corrected chi connectivity index (χ2v) is 3.26. The van der Waals surface area contributed by atoms with Crippen molar-refractivity contribution in [1.29, 1.82) is 0 Å². The van der Waals surface area contributed by atoms with Crippen molar-refractivity contribution in [3.05, 3.63) is 41.2 Å². The van der Waals surface area contributed by atoms with Crippen LogP contribution in [0.5, 0.6) is 0 Å². The molecule has 1 N–H and O–H groups in total. The first-order valence-electron chi connectivity index (χ1n) is 4.47. The van der Waals surface area contributed by atoms with Crippen LogP contribution >= 0.6 is 0 Å². The zero-order valence-electron chi connectivity index (χ0n) is 8.11. The third-order valence-corrected chi connectivity index (χ3v) is 2.02. The Bertz CT molecular complexity index is 445. The summed E-state index contributed by atoms with van der Waals surface area (Å²) in [5.74, 6) is -0.468. The fraction of sp³-hybridized carbons (Fsp3) is 0.0909. The molecule has 15 heavy (non-hydrogen) atoms. The number of hydrogen-bond donors (Lipinski definition) is 1. The predicted octanol–water partition coefficient (Wildman–Crippen LogP) is 1.60. The number of amides is 2. The number of rotatable bonds is 1. The van der Waals surface area contributed by atoms with Gasteiger partial charge in [-0.3, -0.25) is 10.1 Å². The maximum atomic E-state index is 11.1. The van der Waals surface area contributed by atoms with Crippen molar-refractivity contribution in [2.45, 2.75) is 6.92 Å². The zero-order chi connectivity index (χ0) is 10.8. The largest absolute Gasteiger partial charge is 0.419 e. The quantitative estimate of drug-likeness (QED) is 0.705. The number of benzene rings is 1. The van der Waals surface area contributed by atoms with Crippen molar-refractivity contribution >= 4 is 18.1 Å². The number of hydrogen-bond acceptors (Lipinski definition) is 3. The molecule has 0 saturated carbocycles. The van der Waals surface area contributed by atoms with E-state index in [0.29, 0.717) is 0 Å². The molecule has 0 radical (unpaired) electrons. The minimum atomic E-state index is -0.724. The Morgan fingerprint density at radius 3 is 2.40 bits per heavy atom. The first kappa shape index (κ1) is 9.45. The highest BCUT2D eigenvalue weighted by molar-refractivity contribution is 6.09. The molecule has 4 heteroatoms. The number of aryl methyl sites for hydroxylation is 1. The van der Waals surface area contributed by atoms with Gasteiger partial charge in [0.25, 0.3) is 5.91 Å². The summed E-state index contributed by atoms with van der Waals surface area (Å²) in [7, 11) is 0. The Hall–Kier alpha value is -2.10. The maximum Gasteiger partial charge on any atom is 0.419 e. The Balaban J connectivity index is 2.27. The van der Waals surface area contributed by atoms with E-state index in [1.807, 2.05) is 36.5 Å². The van der Waals surface area contributed by atoms with E-state index in [2.05, 4.69) is 4.74 Å². The lowest BCUT2D eigenvalue weighted by Crippen LogP contribution is -2.18. The van der Waals surface area contributed by atoms with E-state index in [1.54, 1.807) is 0 Å². The van der Waals surface area contributed by atoms with Crippen molar-refractivity contribution in [3.8, 4) is 0 Å². The van der Waals surface area contributed by atoms with Gasteiger partial charge in [0.05, 0.1) is 0 Å². The van der Waals surface area contributed by atoms with E-state index in [9.17, 15) is 9.59 Å². The maximum absolute atomic E-state index is 11.1. The van der Waals surface area contributed by atoms with Gasteiger partial charge in [-0.05, 0) is 18.6 Å². The summed E-state index contributed by atoms with van der Waals surface area (Å²) in [5, 5.41) is 2.03. The highest BCUT2D eigenvalue weighted by Crippen LogP contribution is 2.13. The number of nitrogens with one attached hydrogen (secondary N) is 1. The Labute approximate surface area is 86.5 Å². The summed E-state index contributed by atoms with van der Waals surface area (Å²) in [6, 6.07) is 7.53. The van der Waals surface area contributed by atoms with Crippen LogP contribution in [0.4, 0.5) is 4.79 Å². The van der Waals surface area contributed by atoms with Gasteiger partial charge < -0.3 is 4.74 Å². The topological polar surface area (TPSA) is 55.4 Å². The van der Waals surface area contributed by atoms with Crippen LogP contribution in [0.25, 0.3) is 6.08 Å². The van der Waals surface area contributed by atoms with Gasteiger partial charge in [0.1, 0.15) is 0 Å². The Morgan fingerprint density at radius 1 is 1.20 bits per heavy atom. The molecule has 0 spiro atoms. The van der Waals surface area contributed by atoms with Crippen LogP contribution in [-0.2, 0) is 9.53 Å². The van der Waals surface area contributed by atoms with Gasteiger partial charge in [-0.1, -0.05) is 29.8 Å². The van der Waals surface area contributed by atoms with Gasteiger partial charge in [-0.2, -0.15) is 0 Å². The first-order valence-corrected chi connectivity index (χ1v) is 4.47. The van der Waals surface area contributed by atoms with E-state index in [0.717, 1.165) is 11.1 Å². The van der Waals surface area contributed by atoms with Gasteiger partial charge in [0.2, 0.25) is 0 Å². The molecule has 1 heterocycles. The number of alkyl carbamates (subject to hydrolysis) is 1. The fourth-order valence-electron chi connectivity index (χ4n) is 1.24. The molecule has 2 amide bonds. The second-order valence-electron chi connectivity index (χ2n) is 3.26. The first-order chi connectivity index (χ1) is 7.15. The van der Waals surface area contributed by atoms with Gasteiger partial charge >= 0.3 is 6.09 Å². The van der Waals surface area contributed by atoms with Crippen LogP contribution in [0.15, 0.2) is 30.0 Å². The van der Waals surface area contributed by atoms with E-state index in [1.165, 1.54) is 6.08 Å². The second kappa shape index (κ2) is 3.57. The van der Waals surface area contributed by atoms with Crippen molar-refractivity contribution in [2.75, 3.05) is 0 Å². The van der Waals surface area contributed by atoms with E-state index in [4.69, 9.17) is 0 Å². The third kappa shape index (κ3) is 2.04. The number of cyclic esters (lactones) is 1. The minimum Gasteiger partial charge on any atom is -0.404 e. The molecule has 1 aliphatic heterocycles. The molecule has 0 aliphatic carbocycles. The fourth-order valence-corrected chi connectivity index (χ4v) is 1.24. The molecule has 4 nitrogen and oxygen atoms in total. The monoisotopic (exact) mass is 203 g/mol. The molecule has 1 fully saturated rings. The van der Waals surface area contributed by atoms with Crippen LogP contribution in [0, 0.1) is 6.92 Å². The molecular formula is C11H9NO3. The molecule has 0 unspecified atom stereocenters. The lowest BCUT2D eigenvalue weighted by molar-refractivity contribution is -0.116. The highest BCUT2D eigenvalue weighted by Gasteiger charge is 2.25. The van der Waals surface area contributed by atoms with Gasteiger partial charge in [0, 0.05) is 0 Å². The van der Waals surface area contributed by atoms with Gasteiger partial charge in [-0.15, -0.1) is 0 Å². The average Bonchev–Trinajstić information content (AvgIpc) is 2.49. The molecular weight excluding hydrogens is 194 g/mol. The predicted molar refractivity (Wildman–Crippen MR) is 53.8 cm³/mol. The summed E-state index contributed by atoms with van der Waals surface area (Å²) < 4.78 is 4.67. The van der Waals surface area contributed by atoms with E-state index < -0.39 is 12.0 Å². The van der Waals surface area contributed by atoms with Crippen LogP contribution in [-0.4, -0.2) is 12.0 Å². The summed E-state index contributed by atoms with van der Waals surface area (Å²) in [5.41, 5.74) is 1.95. The summed E-state index contributed by atoms with van der Waals surface area (Å²) in [6.07, 6.45) is 0.804. The van der Waals surface area contributed by atoms with Crippen molar-refractivity contribution in [3.63, 3.8) is 0 Å². The number of imide groups is 1. The number of ether oxygens (including phenoxy) is 1. The normalized spacial score (nSPS) is 17.8. The molecule has 2 rings (SSSR count). The molecule has 0 bridgehead atoms. The molecule has 0 aromatic heterocycles. The average molecular weight is 203 g/mol. The molecule has 1 saturated heterocycles. The number of carbonyl (C=O) groups is 2. The smallest absolute Gasteiger partial charge is 0.404 e. The van der Waals surface area contributed by atoms with Crippen LogP contribution in [0.2, 0.25) is 0 Å². The van der Waals surface area contributed by atoms with Crippen molar-refractivity contribution in [2.24, 2.45) is 0 Å². The molecule has 0 atom stereocenters. The van der Waals surface area contributed by atoms with E-state index in [-0.39, 0.29) is 5.76 Å². The van der Waals surface area contributed by atoms with Crippen molar-refractivity contribution < 1.29 is 14.3 Å². The Kier molecular flexibility index (Phi) is 2.25. The van der Waals surface area contributed by atoms with Crippen molar-refractivity contribution in [1.82, 2.24) is 5.32 Å². The Morgan fingerprint density at radius 2 is 1.87 bits per heavy atom. The molecule has 1 aromatic carbocycles. The third-order valence-electron chi connectivity index (χ3n) is 2.02. The van der Waals surface area contributed by atoms with Gasteiger partial charge in [0.15, 0.2) is 5.76 Å². The summed E-state index contributed by atoms with van der Waals surface area (Å²) in [4.78, 5) is 21.8. The molecule has 1 aliphatic rings. The number of carbonyl (C=O) groups excluding carboxylic acids is 2.